The van der Waals surface area contributed by atoms with Crippen LogP contribution in [-0.2, 0) is 0 Å². The average molecular weight is 561 g/mol. The third kappa shape index (κ3) is 4.20. The van der Waals surface area contributed by atoms with Gasteiger partial charge in [0.05, 0.1) is 11.1 Å². The summed E-state index contributed by atoms with van der Waals surface area (Å²) in [6.07, 6.45) is 8.88. The largest absolute Gasteiger partial charge is 0.333 e. The van der Waals surface area contributed by atoms with Crippen LogP contribution in [-0.4, -0.2) is 21.0 Å². The topological polar surface area (TPSA) is 41.9 Å². The second kappa shape index (κ2) is 10.1. The third-order valence-electron chi connectivity index (χ3n) is 8.09. The highest BCUT2D eigenvalue weighted by atomic mass is 35.5. The van der Waals surface area contributed by atoms with E-state index in [-0.39, 0.29) is 12.0 Å². The number of anilines is 2. The fourth-order valence-corrected chi connectivity index (χ4v) is 6.29. The van der Waals surface area contributed by atoms with Gasteiger partial charge < -0.3 is 4.90 Å². The van der Waals surface area contributed by atoms with Crippen LogP contribution in [0.5, 0.6) is 0 Å². The molecular formula is C37H25ClN4. The summed E-state index contributed by atoms with van der Waals surface area (Å²) in [5.74, 6) is 2.03. The molecule has 0 N–H and O–H groups in total. The lowest BCUT2D eigenvalue weighted by atomic mass is 9.90. The van der Waals surface area contributed by atoms with Crippen molar-refractivity contribution in [3.63, 3.8) is 0 Å². The molecule has 0 saturated carbocycles. The molecular weight excluding hydrogens is 536 g/mol. The Labute approximate surface area is 249 Å². The molecule has 1 aliphatic heterocycles. The minimum atomic E-state index is 0.161. The van der Waals surface area contributed by atoms with Crippen LogP contribution < -0.4 is 4.90 Å². The Balaban J connectivity index is 1.30. The van der Waals surface area contributed by atoms with Crippen LogP contribution in [0.15, 0.2) is 140 Å². The quantitative estimate of drug-likeness (QED) is 0.215. The lowest BCUT2D eigenvalue weighted by Crippen LogP contribution is -2.28. The van der Waals surface area contributed by atoms with Gasteiger partial charge >= 0.3 is 0 Å². The molecule has 0 fully saturated rings. The number of allylic oxidation sites excluding steroid dienone is 2. The van der Waals surface area contributed by atoms with Crippen LogP contribution >= 0.6 is 11.6 Å². The Morgan fingerprint density at radius 2 is 1.17 bits per heavy atom. The van der Waals surface area contributed by atoms with Gasteiger partial charge in [0.15, 0.2) is 17.5 Å². The maximum Gasteiger partial charge on any atom is 0.165 e. The van der Waals surface area contributed by atoms with Gasteiger partial charge in [-0.2, -0.15) is 0 Å². The van der Waals surface area contributed by atoms with E-state index in [1.807, 2.05) is 66.7 Å². The molecule has 5 heteroatoms. The number of benzene rings is 5. The molecule has 0 radical (unpaired) electrons. The van der Waals surface area contributed by atoms with E-state index in [1.54, 1.807) is 0 Å². The zero-order chi connectivity index (χ0) is 28.0. The fourth-order valence-electron chi connectivity index (χ4n) is 6.09. The molecule has 0 spiro atoms. The molecule has 0 amide bonds. The van der Waals surface area contributed by atoms with Gasteiger partial charge in [-0.3, -0.25) is 0 Å². The van der Waals surface area contributed by atoms with Crippen LogP contribution in [0.1, 0.15) is 11.5 Å². The minimum Gasteiger partial charge on any atom is -0.333 e. The molecule has 2 heterocycles. The van der Waals surface area contributed by atoms with Crippen LogP contribution in [0, 0.1) is 0 Å². The highest BCUT2D eigenvalue weighted by molar-refractivity contribution is 6.33. The van der Waals surface area contributed by atoms with Crippen LogP contribution in [0.25, 0.3) is 44.9 Å². The first-order valence-electron chi connectivity index (χ1n) is 14.1. The van der Waals surface area contributed by atoms with Crippen molar-refractivity contribution in [1.29, 1.82) is 0 Å². The SMILES string of the molecule is Clc1ccc(N2c3cc4ccccc4cc3C3C=CC=CC32)cc1-c1nc(-c2ccccc2)nc(-c2ccccc2)n1. The van der Waals surface area contributed by atoms with Crippen molar-refractivity contribution >= 4 is 33.7 Å². The molecule has 1 aliphatic carbocycles. The molecule has 5 aromatic carbocycles. The standard InChI is InChI=1S/C37H25ClN4/c38-32-20-19-28(42-33-18-10-9-17-29(33)30-21-26-15-7-8-16-27(26)22-34(30)42)23-31(32)37-40-35(24-11-3-1-4-12-24)39-36(41-37)25-13-5-2-6-14-25/h1-23,29,33H. The summed E-state index contributed by atoms with van der Waals surface area (Å²) in [6, 6.07) is 39.5. The Bertz CT molecular complexity index is 1960. The zero-order valence-electron chi connectivity index (χ0n) is 22.6. The van der Waals surface area contributed by atoms with E-state index in [0.29, 0.717) is 22.5 Å². The first-order valence-corrected chi connectivity index (χ1v) is 14.4. The number of hydrogen-bond donors (Lipinski definition) is 0. The number of rotatable bonds is 4. The van der Waals surface area contributed by atoms with E-state index < -0.39 is 0 Å². The number of nitrogens with zero attached hydrogens (tertiary/aromatic N) is 4. The molecule has 4 nitrogen and oxygen atoms in total. The lowest BCUT2D eigenvalue weighted by molar-refractivity contribution is 0.745. The second-order valence-electron chi connectivity index (χ2n) is 10.6. The number of aromatic nitrogens is 3. The Morgan fingerprint density at radius 3 is 1.86 bits per heavy atom. The van der Waals surface area contributed by atoms with E-state index in [1.165, 1.54) is 22.0 Å². The fraction of sp³-hybridized carbons (Fsp3) is 0.0541. The summed E-state index contributed by atoms with van der Waals surface area (Å²) >= 11 is 6.91. The molecule has 200 valence electrons. The molecule has 42 heavy (non-hydrogen) atoms. The van der Waals surface area contributed by atoms with E-state index in [2.05, 4.69) is 77.7 Å². The number of halogens is 1. The molecule has 8 rings (SSSR count). The predicted octanol–water partition coefficient (Wildman–Crippen LogP) is 9.41. The normalized spacial score (nSPS) is 16.9. The van der Waals surface area contributed by atoms with Crippen molar-refractivity contribution in [2.24, 2.45) is 0 Å². The second-order valence-corrected chi connectivity index (χ2v) is 11.0. The van der Waals surface area contributed by atoms with Crippen molar-refractivity contribution in [3.05, 3.63) is 150 Å². The highest BCUT2D eigenvalue weighted by Gasteiger charge is 2.37. The van der Waals surface area contributed by atoms with Crippen molar-refractivity contribution in [1.82, 2.24) is 15.0 Å². The van der Waals surface area contributed by atoms with E-state index in [0.717, 1.165) is 22.4 Å². The van der Waals surface area contributed by atoms with Crippen molar-refractivity contribution in [3.8, 4) is 34.2 Å². The summed E-state index contributed by atoms with van der Waals surface area (Å²) in [5, 5.41) is 3.07. The first kappa shape index (κ1) is 24.7. The predicted molar refractivity (Wildman–Crippen MR) is 172 cm³/mol. The van der Waals surface area contributed by atoms with Crippen molar-refractivity contribution in [2.75, 3.05) is 4.90 Å². The Hall–Kier alpha value is -5.06. The molecule has 2 aliphatic rings. The first-order chi connectivity index (χ1) is 20.7. The lowest BCUT2D eigenvalue weighted by Gasteiger charge is -2.29. The van der Waals surface area contributed by atoms with E-state index in [9.17, 15) is 0 Å². The summed E-state index contributed by atoms with van der Waals surface area (Å²) in [5.41, 5.74) is 6.20. The van der Waals surface area contributed by atoms with Crippen LogP contribution in [0.2, 0.25) is 5.02 Å². The molecule has 2 unspecified atom stereocenters. The smallest absolute Gasteiger partial charge is 0.165 e. The zero-order valence-corrected chi connectivity index (χ0v) is 23.4. The Morgan fingerprint density at radius 1 is 0.571 bits per heavy atom. The summed E-state index contributed by atoms with van der Waals surface area (Å²) in [4.78, 5) is 17.2. The van der Waals surface area contributed by atoms with Crippen molar-refractivity contribution < 1.29 is 0 Å². The molecule has 1 aromatic heterocycles. The van der Waals surface area contributed by atoms with Gasteiger partial charge in [0.25, 0.3) is 0 Å². The van der Waals surface area contributed by atoms with Crippen LogP contribution in [0.3, 0.4) is 0 Å². The maximum atomic E-state index is 6.91. The maximum absolute atomic E-state index is 6.91. The highest BCUT2D eigenvalue weighted by Crippen LogP contribution is 2.49. The molecule has 0 saturated heterocycles. The third-order valence-corrected chi connectivity index (χ3v) is 8.42. The minimum absolute atomic E-state index is 0.161. The van der Waals surface area contributed by atoms with E-state index in [4.69, 9.17) is 26.6 Å². The van der Waals surface area contributed by atoms with Gasteiger partial charge in [0.1, 0.15) is 0 Å². The molecule has 2 atom stereocenters. The van der Waals surface area contributed by atoms with Crippen LogP contribution in [0.4, 0.5) is 11.4 Å². The summed E-state index contributed by atoms with van der Waals surface area (Å²) in [7, 11) is 0. The average Bonchev–Trinajstić information content (AvgIpc) is 3.37. The van der Waals surface area contributed by atoms with Gasteiger partial charge in [-0.1, -0.05) is 121 Å². The van der Waals surface area contributed by atoms with Gasteiger partial charge in [-0.25, -0.2) is 15.0 Å². The van der Waals surface area contributed by atoms with Gasteiger partial charge in [-0.05, 0) is 46.7 Å². The van der Waals surface area contributed by atoms with Crippen molar-refractivity contribution in [2.45, 2.75) is 12.0 Å². The summed E-state index contributed by atoms with van der Waals surface area (Å²) < 4.78 is 0. The van der Waals surface area contributed by atoms with Gasteiger partial charge in [0, 0.05) is 34.0 Å². The monoisotopic (exact) mass is 560 g/mol. The van der Waals surface area contributed by atoms with Gasteiger partial charge in [-0.15, -0.1) is 0 Å². The number of fused-ring (bicyclic) bond motifs is 4. The molecule has 6 aromatic rings. The van der Waals surface area contributed by atoms with Gasteiger partial charge in [0.2, 0.25) is 0 Å². The van der Waals surface area contributed by atoms with E-state index >= 15 is 0 Å². The number of hydrogen-bond acceptors (Lipinski definition) is 4. The molecule has 0 bridgehead atoms. The Kier molecular flexibility index (Phi) is 5.94. The summed E-state index contributed by atoms with van der Waals surface area (Å²) in [6.45, 7) is 0.